The second-order valence-electron chi connectivity index (χ2n) is 5.56. The van der Waals surface area contributed by atoms with Gasteiger partial charge in [-0.25, -0.2) is 0 Å². The molecule has 0 amide bonds. The molecule has 0 atom stereocenters. The predicted octanol–water partition coefficient (Wildman–Crippen LogP) is 6.31. The van der Waals surface area contributed by atoms with Gasteiger partial charge in [-0.1, -0.05) is 30.3 Å². The van der Waals surface area contributed by atoms with Crippen LogP contribution in [-0.4, -0.2) is 5.11 Å². The number of ether oxygens (including phenoxy) is 1. The molecule has 7 heteroatoms. The third kappa shape index (κ3) is 5.21. The maximum absolute atomic E-state index is 13.0. The second-order valence-corrected chi connectivity index (χ2v) is 5.97. The minimum absolute atomic E-state index is 0.0587. The normalized spacial score (nSPS) is 10.9. The van der Waals surface area contributed by atoms with Crippen molar-refractivity contribution in [2.24, 2.45) is 0 Å². The standard InChI is InChI=1S/C20H15F3N2OS/c21-20(22,23)17-8-4-5-9-18(17)25-19(27)24-14-10-12-16(13-11-14)26-15-6-2-1-3-7-15/h1-13H,(H2,24,25,27). The Hall–Kier alpha value is -3.06. The van der Waals surface area contributed by atoms with Crippen LogP contribution in [0, 0.1) is 0 Å². The molecule has 138 valence electrons. The molecule has 0 heterocycles. The van der Waals surface area contributed by atoms with E-state index < -0.39 is 11.7 Å². The molecule has 0 saturated carbocycles. The molecule has 0 bridgehead atoms. The third-order valence-electron chi connectivity index (χ3n) is 3.57. The molecular formula is C20H15F3N2OS. The van der Waals surface area contributed by atoms with Crippen molar-refractivity contribution >= 4 is 28.7 Å². The van der Waals surface area contributed by atoms with Gasteiger partial charge in [-0.15, -0.1) is 0 Å². The topological polar surface area (TPSA) is 33.3 Å². The zero-order chi connectivity index (χ0) is 19.3. The number of alkyl halides is 3. The lowest BCUT2D eigenvalue weighted by molar-refractivity contribution is -0.136. The van der Waals surface area contributed by atoms with E-state index in [1.165, 1.54) is 18.2 Å². The summed E-state index contributed by atoms with van der Waals surface area (Å²) in [4.78, 5) is 0. The highest BCUT2D eigenvalue weighted by molar-refractivity contribution is 7.80. The largest absolute Gasteiger partial charge is 0.457 e. The maximum atomic E-state index is 13.0. The first-order valence-corrected chi connectivity index (χ1v) is 8.40. The highest BCUT2D eigenvalue weighted by atomic mass is 32.1. The fourth-order valence-corrected chi connectivity index (χ4v) is 2.58. The summed E-state index contributed by atoms with van der Waals surface area (Å²) in [5.74, 6) is 1.34. The minimum atomic E-state index is -4.46. The van der Waals surface area contributed by atoms with Gasteiger partial charge in [-0.3, -0.25) is 0 Å². The summed E-state index contributed by atoms with van der Waals surface area (Å²) >= 11 is 5.12. The highest BCUT2D eigenvalue weighted by Gasteiger charge is 2.33. The van der Waals surface area contributed by atoms with Crippen molar-refractivity contribution in [3.63, 3.8) is 0 Å². The van der Waals surface area contributed by atoms with E-state index in [2.05, 4.69) is 10.6 Å². The summed E-state index contributed by atoms with van der Waals surface area (Å²) in [6, 6.07) is 21.4. The predicted molar refractivity (Wildman–Crippen MR) is 104 cm³/mol. The molecule has 0 aliphatic rings. The van der Waals surface area contributed by atoms with Gasteiger partial charge in [0.2, 0.25) is 0 Å². The second kappa shape index (κ2) is 8.09. The van der Waals surface area contributed by atoms with Crippen LogP contribution in [0.15, 0.2) is 78.9 Å². The van der Waals surface area contributed by atoms with E-state index in [9.17, 15) is 13.2 Å². The fourth-order valence-electron chi connectivity index (χ4n) is 2.35. The molecule has 0 aliphatic carbocycles. The van der Waals surface area contributed by atoms with Gasteiger partial charge in [0.25, 0.3) is 0 Å². The lowest BCUT2D eigenvalue weighted by Crippen LogP contribution is -2.21. The Morgan fingerprint density at radius 3 is 2.00 bits per heavy atom. The van der Waals surface area contributed by atoms with Crippen molar-refractivity contribution < 1.29 is 17.9 Å². The Morgan fingerprint density at radius 1 is 0.741 bits per heavy atom. The molecule has 0 unspecified atom stereocenters. The van der Waals surface area contributed by atoms with Crippen molar-refractivity contribution in [2.45, 2.75) is 6.18 Å². The Bertz CT molecular complexity index is 913. The van der Waals surface area contributed by atoms with Gasteiger partial charge in [-0.2, -0.15) is 13.2 Å². The van der Waals surface area contributed by atoms with Crippen LogP contribution in [0.3, 0.4) is 0 Å². The Labute approximate surface area is 159 Å². The monoisotopic (exact) mass is 388 g/mol. The molecule has 27 heavy (non-hydrogen) atoms. The SMILES string of the molecule is FC(F)(F)c1ccccc1NC(=S)Nc1ccc(Oc2ccccc2)cc1. The van der Waals surface area contributed by atoms with Crippen molar-refractivity contribution in [2.75, 3.05) is 10.6 Å². The summed E-state index contributed by atoms with van der Waals surface area (Å²) in [5, 5.41) is 5.51. The van der Waals surface area contributed by atoms with Crippen LogP contribution in [0.25, 0.3) is 0 Å². The summed E-state index contributed by atoms with van der Waals surface area (Å²) in [6.45, 7) is 0. The fraction of sp³-hybridized carbons (Fsp3) is 0.0500. The third-order valence-corrected chi connectivity index (χ3v) is 3.78. The van der Waals surface area contributed by atoms with E-state index in [0.29, 0.717) is 17.2 Å². The Balaban J connectivity index is 1.63. The molecule has 3 rings (SSSR count). The van der Waals surface area contributed by atoms with Crippen molar-refractivity contribution in [1.29, 1.82) is 0 Å². The molecule has 3 aromatic carbocycles. The van der Waals surface area contributed by atoms with Crippen LogP contribution >= 0.6 is 12.2 Å². The lowest BCUT2D eigenvalue weighted by atomic mass is 10.1. The van der Waals surface area contributed by atoms with E-state index in [0.717, 1.165) is 6.07 Å². The average Bonchev–Trinajstić information content (AvgIpc) is 2.64. The summed E-state index contributed by atoms with van der Waals surface area (Å²) in [5.41, 5.74) is -0.260. The van der Waals surface area contributed by atoms with Gasteiger partial charge in [0.1, 0.15) is 11.5 Å². The van der Waals surface area contributed by atoms with Crippen molar-refractivity contribution in [3.8, 4) is 11.5 Å². The average molecular weight is 388 g/mol. The molecule has 3 nitrogen and oxygen atoms in total. The molecule has 0 saturated heterocycles. The summed E-state index contributed by atoms with van der Waals surface area (Å²) in [7, 11) is 0. The smallest absolute Gasteiger partial charge is 0.418 e. The molecule has 0 aromatic heterocycles. The number of hydrogen-bond donors (Lipinski definition) is 2. The van der Waals surface area contributed by atoms with Crippen LogP contribution in [-0.2, 0) is 6.18 Å². The van der Waals surface area contributed by atoms with Gasteiger partial charge in [0.05, 0.1) is 11.3 Å². The lowest BCUT2D eigenvalue weighted by Gasteiger charge is -2.16. The zero-order valence-corrected chi connectivity index (χ0v) is 14.8. The minimum Gasteiger partial charge on any atom is -0.457 e. The highest BCUT2D eigenvalue weighted by Crippen LogP contribution is 2.34. The van der Waals surface area contributed by atoms with Crippen LogP contribution in [0.5, 0.6) is 11.5 Å². The molecule has 0 fully saturated rings. The van der Waals surface area contributed by atoms with Gasteiger partial charge in [0, 0.05) is 5.69 Å². The number of para-hydroxylation sites is 2. The molecular weight excluding hydrogens is 373 g/mol. The van der Waals surface area contributed by atoms with E-state index in [1.54, 1.807) is 24.3 Å². The Kier molecular flexibility index (Phi) is 5.61. The molecule has 0 aliphatic heterocycles. The number of nitrogens with one attached hydrogen (secondary N) is 2. The number of hydrogen-bond acceptors (Lipinski definition) is 2. The van der Waals surface area contributed by atoms with Gasteiger partial charge < -0.3 is 15.4 Å². The van der Waals surface area contributed by atoms with E-state index in [4.69, 9.17) is 17.0 Å². The summed E-state index contributed by atoms with van der Waals surface area (Å²) < 4.78 is 44.8. The maximum Gasteiger partial charge on any atom is 0.418 e. The van der Waals surface area contributed by atoms with E-state index in [1.807, 2.05) is 30.3 Å². The van der Waals surface area contributed by atoms with Crippen LogP contribution in [0.4, 0.5) is 24.5 Å². The van der Waals surface area contributed by atoms with Gasteiger partial charge >= 0.3 is 6.18 Å². The van der Waals surface area contributed by atoms with Crippen LogP contribution in [0.1, 0.15) is 5.56 Å². The van der Waals surface area contributed by atoms with Crippen molar-refractivity contribution in [3.05, 3.63) is 84.4 Å². The molecule has 0 spiro atoms. The quantitative estimate of drug-likeness (QED) is 0.514. The molecule has 0 radical (unpaired) electrons. The molecule has 3 aromatic rings. The van der Waals surface area contributed by atoms with E-state index >= 15 is 0 Å². The molecule has 2 N–H and O–H groups in total. The number of thiocarbonyl (C=S) groups is 1. The zero-order valence-electron chi connectivity index (χ0n) is 14.0. The van der Waals surface area contributed by atoms with Gasteiger partial charge in [-0.05, 0) is 60.7 Å². The first kappa shape index (κ1) is 18.7. The Morgan fingerprint density at radius 2 is 1.33 bits per heavy atom. The number of halogens is 3. The van der Waals surface area contributed by atoms with E-state index in [-0.39, 0.29) is 10.8 Å². The van der Waals surface area contributed by atoms with Crippen LogP contribution in [0.2, 0.25) is 0 Å². The number of benzene rings is 3. The number of anilines is 2. The first-order chi connectivity index (χ1) is 12.9. The first-order valence-electron chi connectivity index (χ1n) is 7.99. The van der Waals surface area contributed by atoms with Crippen LogP contribution < -0.4 is 15.4 Å². The summed E-state index contributed by atoms with van der Waals surface area (Å²) in [6.07, 6.45) is -4.46. The van der Waals surface area contributed by atoms with Crippen molar-refractivity contribution in [1.82, 2.24) is 0 Å². The number of rotatable bonds is 4. The van der Waals surface area contributed by atoms with Gasteiger partial charge in [0.15, 0.2) is 5.11 Å².